The van der Waals surface area contributed by atoms with Gasteiger partial charge in [0.15, 0.2) is 8.32 Å². The quantitative estimate of drug-likeness (QED) is 0.813. The number of nitrogens with zero attached hydrogens (tertiary/aromatic N) is 3. The van der Waals surface area contributed by atoms with Crippen molar-refractivity contribution in [1.29, 1.82) is 0 Å². The summed E-state index contributed by atoms with van der Waals surface area (Å²) in [6, 6.07) is 6.49. The highest BCUT2D eigenvalue weighted by atomic mass is 28.4. The number of anilines is 1. The molecule has 6 nitrogen and oxygen atoms in total. The van der Waals surface area contributed by atoms with Crippen LogP contribution in [0, 0.1) is 0 Å². The third-order valence-electron chi connectivity index (χ3n) is 5.65. The van der Waals surface area contributed by atoms with E-state index in [1.165, 1.54) is 16.7 Å². The van der Waals surface area contributed by atoms with Crippen molar-refractivity contribution in [3.63, 3.8) is 0 Å². The molecule has 0 amide bonds. The SMILES string of the molecule is CC(C)(C)[Si](C)(C)O[C@@H]1CCN(c2ccc(-n3ccc(O)cc3=O)cn2)C1. The molecule has 7 heteroatoms. The monoisotopic (exact) mass is 387 g/mol. The highest BCUT2D eigenvalue weighted by Crippen LogP contribution is 2.38. The third-order valence-corrected chi connectivity index (χ3v) is 10.2. The standard InChI is InChI=1S/C20H29N3O3Si/c1-20(2,3)27(4,5)26-17-9-10-22(14-17)18-7-6-15(13-21-18)23-11-8-16(24)12-19(23)25/h6-8,11-13,17,24H,9-10,14H2,1-5H3/t17-/m1/s1. The van der Waals surface area contributed by atoms with Gasteiger partial charge in [-0.2, -0.15) is 0 Å². The van der Waals surface area contributed by atoms with Gasteiger partial charge in [-0.15, -0.1) is 0 Å². The Kier molecular flexibility index (Phi) is 5.18. The van der Waals surface area contributed by atoms with Crippen LogP contribution in [0.2, 0.25) is 18.1 Å². The molecule has 3 heterocycles. The smallest absolute Gasteiger partial charge is 0.258 e. The van der Waals surface area contributed by atoms with Gasteiger partial charge in [0.2, 0.25) is 0 Å². The molecule has 0 radical (unpaired) electrons. The maximum absolute atomic E-state index is 12.0. The first-order chi connectivity index (χ1) is 12.6. The molecule has 0 aliphatic carbocycles. The molecule has 1 fully saturated rings. The molecule has 1 N–H and O–H groups in total. The Morgan fingerprint density at radius 2 is 2.00 bits per heavy atom. The zero-order valence-corrected chi connectivity index (χ0v) is 17.8. The molecule has 0 bridgehead atoms. The minimum atomic E-state index is -1.77. The number of aromatic nitrogens is 2. The molecule has 146 valence electrons. The fourth-order valence-corrected chi connectivity index (χ4v) is 4.39. The van der Waals surface area contributed by atoms with Crippen LogP contribution in [0.25, 0.3) is 5.69 Å². The molecule has 1 saturated heterocycles. The van der Waals surface area contributed by atoms with Crippen molar-refractivity contribution >= 4 is 14.1 Å². The van der Waals surface area contributed by atoms with Gasteiger partial charge < -0.3 is 14.4 Å². The van der Waals surface area contributed by atoms with Crippen LogP contribution in [-0.2, 0) is 4.43 Å². The van der Waals surface area contributed by atoms with Gasteiger partial charge in [-0.1, -0.05) is 20.8 Å². The molecule has 0 spiro atoms. The zero-order valence-electron chi connectivity index (χ0n) is 16.8. The molecule has 2 aromatic rings. The van der Waals surface area contributed by atoms with Crippen molar-refractivity contribution in [2.24, 2.45) is 0 Å². The highest BCUT2D eigenvalue weighted by Gasteiger charge is 2.40. The van der Waals surface area contributed by atoms with Crippen LogP contribution >= 0.6 is 0 Å². The van der Waals surface area contributed by atoms with Crippen LogP contribution in [0.15, 0.2) is 41.5 Å². The molecule has 1 aliphatic heterocycles. The fourth-order valence-electron chi connectivity index (χ4n) is 3.02. The average Bonchev–Trinajstić information content (AvgIpc) is 3.02. The van der Waals surface area contributed by atoms with E-state index < -0.39 is 8.32 Å². The van der Waals surface area contributed by atoms with E-state index in [1.807, 2.05) is 12.1 Å². The number of hydrogen-bond donors (Lipinski definition) is 1. The van der Waals surface area contributed by atoms with Crippen molar-refractivity contribution in [2.75, 3.05) is 18.0 Å². The number of aromatic hydroxyl groups is 1. The molecular weight excluding hydrogens is 358 g/mol. The van der Waals surface area contributed by atoms with Gasteiger partial charge in [-0.25, -0.2) is 4.98 Å². The molecule has 0 aromatic carbocycles. The summed E-state index contributed by atoms with van der Waals surface area (Å²) >= 11 is 0. The van der Waals surface area contributed by atoms with Gasteiger partial charge >= 0.3 is 0 Å². The minimum Gasteiger partial charge on any atom is -0.508 e. The topological polar surface area (TPSA) is 67.6 Å². The lowest BCUT2D eigenvalue weighted by atomic mass is 10.2. The normalized spacial score (nSPS) is 18.1. The average molecular weight is 388 g/mol. The van der Waals surface area contributed by atoms with Gasteiger partial charge in [-0.3, -0.25) is 9.36 Å². The molecule has 3 rings (SSSR count). The molecule has 27 heavy (non-hydrogen) atoms. The van der Waals surface area contributed by atoms with Crippen LogP contribution in [0.4, 0.5) is 5.82 Å². The summed E-state index contributed by atoms with van der Waals surface area (Å²) in [5.74, 6) is 0.859. The zero-order chi connectivity index (χ0) is 19.8. The predicted molar refractivity (Wildman–Crippen MR) is 110 cm³/mol. The second-order valence-electron chi connectivity index (χ2n) is 8.70. The minimum absolute atomic E-state index is 0.0364. The molecule has 0 unspecified atom stereocenters. The van der Waals surface area contributed by atoms with Crippen LogP contribution in [0.1, 0.15) is 27.2 Å². The predicted octanol–water partition coefficient (Wildman–Crippen LogP) is 3.54. The van der Waals surface area contributed by atoms with E-state index in [9.17, 15) is 9.90 Å². The lowest BCUT2D eigenvalue weighted by Gasteiger charge is -2.38. The van der Waals surface area contributed by atoms with Crippen molar-refractivity contribution in [3.8, 4) is 11.4 Å². The van der Waals surface area contributed by atoms with Gasteiger partial charge in [0.1, 0.15) is 11.6 Å². The molecule has 1 atom stereocenters. The van der Waals surface area contributed by atoms with E-state index in [0.29, 0.717) is 5.69 Å². The fraction of sp³-hybridized carbons (Fsp3) is 0.500. The van der Waals surface area contributed by atoms with Crippen molar-refractivity contribution in [2.45, 2.75) is 51.4 Å². The summed E-state index contributed by atoms with van der Waals surface area (Å²) in [6.07, 6.45) is 4.49. The third kappa shape index (κ3) is 4.25. The highest BCUT2D eigenvalue weighted by molar-refractivity contribution is 6.74. The number of pyridine rings is 2. The van der Waals surface area contributed by atoms with Crippen molar-refractivity contribution < 1.29 is 9.53 Å². The van der Waals surface area contributed by atoms with E-state index in [2.05, 4.69) is 43.7 Å². The Balaban J connectivity index is 1.69. The Morgan fingerprint density at radius 3 is 2.59 bits per heavy atom. The summed E-state index contributed by atoms with van der Waals surface area (Å²) in [6.45, 7) is 13.1. The van der Waals surface area contributed by atoms with E-state index in [4.69, 9.17) is 4.43 Å². The van der Waals surface area contributed by atoms with E-state index in [-0.39, 0.29) is 22.5 Å². The van der Waals surface area contributed by atoms with Gasteiger partial charge in [0, 0.05) is 25.4 Å². The van der Waals surface area contributed by atoms with Crippen molar-refractivity contribution in [1.82, 2.24) is 9.55 Å². The van der Waals surface area contributed by atoms with Crippen LogP contribution in [0.3, 0.4) is 0 Å². The van der Waals surface area contributed by atoms with E-state index in [0.717, 1.165) is 25.3 Å². The van der Waals surface area contributed by atoms with Crippen LogP contribution in [0.5, 0.6) is 5.75 Å². The Labute approximate surface area is 161 Å². The van der Waals surface area contributed by atoms with Crippen molar-refractivity contribution in [3.05, 3.63) is 47.0 Å². The summed E-state index contributed by atoms with van der Waals surface area (Å²) in [5, 5.41) is 9.59. The van der Waals surface area contributed by atoms with Gasteiger partial charge in [0.25, 0.3) is 5.56 Å². The summed E-state index contributed by atoms with van der Waals surface area (Å²) in [5.41, 5.74) is 0.394. The Morgan fingerprint density at radius 1 is 1.26 bits per heavy atom. The number of rotatable bonds is 4. The second kappa shape index (κ2) is 7.13. The summed E-state index contributed by atoms with van der Waals surface area (Å²) in [4.78, 5) is 18.8. The largest absolute Gasteiger partial charge is 0.508 e. The first kappa shape index (κ1) is 19.6. The summed E-state index contributed by atoms with van der Waals surface area (Å²) < 4.78 is 8.00. The summed E-state index contributed by atoms with van der Waals surface area (Å²) in [7, 11) is -1.77. The lowest BCUT2D eigenvalue weighted by molar-refractivity contribution is 0.202. The number of hydrogen-bond acceptors (Lipinski definition) is 5. The lowest BCUT2D eigenvalue weighted by Crippen LogP contribution is -2.44. The molecular formula is C20H29N3O3Si. The van der Waals surface area contributed by atoms with E-state index >= 15 is 0 Å². The molecule has 0 saturated carbocycles. The first-order valence-corrected chi connectivity index (χ1v) is 12.3. The molecule has 2 aromatic heterocycles. The van der Waals surface area contributed by atoms with Crippen LogP contribution < -0.4 is 10.5 Å². The molecule has 1 aliphatic rings. The van der Waals surface area contributed by atoms with E-state index in [1.54, 1.807) is 12.4 Å². The first-order valence-electron chi connectivity index (χ1n) is 9.38. The Hall–Kier alpha value is -2.12. The van der Waals surface area contributed by atoms with Crippen LogP contribution in [-0.4, -0.2) is 42.2 Å². The Bertz CT molecular complexity index is 856. The maximum atomic E-state index is 12.0. The maximum Gasteiger partial charge on any atom is 0.258 e. The second-order valence-corrected chi connectivity index (χ2v) is 13.5. The van der Waals surface area contributed by atoms with Gasteiger partial charge in [-0.05, 0) is 42.8 Å². The van der Waals surface area contributed by atoms with Gasteiger partial charge in [0.05, 0.1) is 18.0 Å².